The van der Waals surface area contributed by atoms with Gasteiger partial charge < -0.3 is 9.67 Å². The van der Waals surface area contributed by atoms with E-state index in [1.54, 1.807) is 18.3 Å². The van der Waals surface area contributed by atoms with Crippen LogP contribution in [-0.4, -0.2) is 9.67 Å². The van der Waals surface area contributed by atoms with Gasteiger partial charge in [-0.25, -0.2) is 0 Å². The van der Waals surface area contributed by atoms with Gasteiger partial charge in [0.2, 0.25) is 0 Å². The van der Waals surface area contributed by atoms with Crippen LogP contribution in [0.2, 0.25) is 0 Å². The fourth-order valence-corrected chi connectivity index (χ4v) is 2.10. The van der Waals surface area contributed by atoms with Crippen molar-refractivity contribution in [2.24, 2.45) is 0 Å². The van der Waals surface area contributed by atoms with E-state index >= 15 is 0 Å². The summed E-state index contributed by atoms with van der Waals surface area (Å²) in [6.07, 6.45) is 3.20. The van der Waals surface area contributed by atoms with Crippen LogP contribution >= 0.6 is 0 Å². The highest BCUT2D eigenvalue weighted by Gasteiger charge is 2.08. The number of aliphatic hydroxyl groups is 1. The van der Waals surface area contributed by atoms with Crippen LogP contribution in [0.4, 0.5) is 0 Å². The first-order valence-corrected chi connectivity index (χ1v) is 6.63. The predicted octanol–water partition coefficient (Wildman–Crippen LogP) is 2.53. The van der Waals surface area contributed by atoms with E-state index in [4.69, 9.17) is 0 Å². The highest BCUT2D eigenvalue weighted by molar-refractivity contribution is 5.24. The average Bonchev–Trinajstić information content (AvgIpc) is 2.42. The van der Waals surface area contributed by atoms with Crippen LogP contribution < -0.4 is 5.56 Å². The second-order valence-electron chi connectivity index (χ2n) is 4.70. The van der Waals surface area contributed by atoms with Gasteiger partial charge in [0, 0.05) is 12.3 Å². The summed E-state index contributed by atoms with van der Waals surface area (Å²) in [6.45, 7) is 2.43. The third kappa shape index (κ3) is 3.55. The van der Waals surface area contributed by atoms with Crippen molar-refractivity contribution in [3.8, 4) is 0 Å². The fourth-order valence-electron chi connectivity index (χ4n) is 2.10. The van der Waals surface area contributed by atoms with Crippen molar-refractivity contribution in [2.45, 2.75) is 32.4 Å². The first kappa shape index (κ1) is 13.6. The summed E-state index contributed by atoms with van der Waals surface area (Å²) >= 11 is 0. The van der Waals surface area contributed by atoms with Gasteiger partial charge in [-0.2, -0.15) is 0 Å². The zero-order valence-corrected chi connectivity index (χ0v) is 11.1. The molecule has 0 radical (unpaired) electrons. The molecule has 1 aromatic carbocycles. The van der Waals surface area contributed by atoms with E-state index in [9.17, 15) is 9.90 Å². The number of hydrogen-bond donors (Lipinski definition) is 1. The van der Waals surface area contributed by atoms with E-state index < -0.39 is 6.10 Å². The van der Waals surface area contributed by atoms with Crippen molar-refractivity contribution in [2.75, 3.05) is 0 Å². The van der Waals surface area contributed by atoms with Gasteiger partial charge in [0.25, 0.3) is 5.56 Å². The molecule has 1 heterocycles. The minimum Gasteiger partial charge on any atom is -0.387 e. The Bertz CT molecular complexity index is 572. The minimum absolute atomic E-state index is 0.0934. The largest absolute Gasteiger partial charge is 0.387 e. The van der Waals surface area contributed by atoms with Crippen molar-refractivity contribution in [3.05, 3.63) is 70.1 Å². The number of hydrogen-bond acceptors (Lipinski definition) is 2. The van der Waals surface area contributed by atoms with Gasteiger partial charge in [-0.15, -0.1) is 0 Å². The van der Waals surface area contributed by atoms with E-state index in [0.29, 0.717) is 0 Å². The van der Waals surface area contributed by atoms with Gasteiger partial charge in [-0.3, -0.25) is 4.79 Å². The standard InChI is InChI=1S/C16H19NO2/c1-2-5-13-7-9-14(10-8-13)15(18)12-17-11-4-3-6-16(17)19/h3-4,6-11,15,18H,2,5,12H2,1H3. The molecular formula is C16H19NO2. The number of aliphatic hydroxyl groups excluding tert-OH is 1. The summed E-state index contributed by atoms with van der Waals surface area (Å²) in [5.41, 5.74) is 2.02. The third-order valence-electron chi connectivity index (χ3n) is 3.17. The Hall–Kier alpha value is -1.87. The molecule has 1 unspecified atom stereocenters. The fraction of sp³-hybridized carbons (Fsp3) is 0.312. The number of aromatic nitrogens is 1. The smallest absolute Gasteiger partial charge is 0.250 e. The van der Waals surface area contributed by atoms with E-state index in [2.05, 4.69) is 6.92 Å². The van der Waals surface area contributed by atoms with E-state index in [-0.39, 0.29) is 12.1 Å². The average molecular weight is 257 g/mol. The molecule has 0 aliphatic carbocycles. The van der Waals surface area contributed by atoms with Crippen molar-refractivity contribution in [3.63, 3.8) is 0 Å². The van der Waals surface area contributed by atoms with Crippen LogP contribution in [0.1, 0.15) is 30.6 Å². The molecule has 0 amide bonds. The number of pyridine rings is 1. The molecule has 0 fully saturated rings. The Kier molecular flexibility index (Phi) is 4.53. The molecule has 1 N–H and O–H groups in total. The molecule has 2 rings (SSSR count). The van der Waals surface area contributed by atoms with Gasteiger partial charge in [-0.05, 0) is 23.6 Å². The molecule has 0 aliphatic heterocycles. The second-order valence-corrected chi connectivity index (χ2v) is 4.70. The lowest BCUT2D eigenvalue weighted by Crippen LogP contribution is -2.21. The summed E-state index contributed by atoms with van der Waals surface area (Å²) in [5, 5.41) is 10.2. The number of nitrogens with zero attached hydrogens (tertiary/aromatic N) is 1. The van der Waals surface area contributed by atoms with Crippen LogP contribution in [0.15, 0.2) is 53.5 Å². The van der Waals surface area contributed by atoms with Crippen LogP contribution in [0.25, 0.3) is 0 Å². The first-order chi connectivity index (χ1) is 9.20. The summed E-state index contributed by atoms with van der Waals surface area (Å²) in [7, 11) is 0. The number of benzene rings is 1. The molecule has 0 bridgehead atoms. The van der Waals surface area contributed by atoms with Gasteiger partial charge in [0.05, 0.1) is 12.6 Å². The van der Waals surface area contributed by atoms with E-state index in [1.165, 1.54) is 16.2 Å². The normalized spacial score (nSPS) is 12.3. The molecule has 19 heavy (non-hydrogen) atoms. The topological polar surface area (TPSA) is 42.2 Å². The molecule has 0 saturated heterocycles. The van der Waals surface area contributed by atoms with Crippen LogP contribution in [0.5, 0.6) is 0 Å². The third-order valence-corrected chi connectivity index (χ3v) is 3.17. The Morgan fingerprint density at radius 3 is 2.53 bits per heavy atom. The predicted molar refractivity (Wildman–Crippen MR) is 76.1 cm³/mol. The van der Waals surface area contributed by atoms with Crippen molar-refractivity contribution >= 4 is 0 Å². The van der Waals surface area contributed by atoms with Gasteiger partial charge in [-0.1, -0.05) is 43.7 Å². The monoisotopic (exact) mass is 257 g/mol. The highest BCUT2D eigenvalue weighted by atomic mass is 16.3. The van der Waals surface area contributed by atoms with Crippen LogP contribution in [-0.2, 0) is 13.0 Å². The maximum Gasteiger partial charge on any atom is 0.250 e. The zero-order chi connectivity index (χ0) is 13.7. The van der Waals surface area contributed by atoms with Crippen LogP contribution in [0.3, 0.4) is 0 Å². The maximum absolute atomic E-state index is 11.6. The Morgan fingerprint density at radius 2 is 1.89 bits per heavy atom. The molecular weight excluding hydrogens is 238 g/mol. The van der Waals surface area contributed by atoms with Crippen molar-refractivity contribution < 1.29 is 5.11 Å². The second kappa shape index (κ2) is 6.34. The molecule has 3 nitrogen and oxygen atoms in total. The van der Waals surface area contributed by atoms with Crippen molar-refractivity contribution in [1.82, 2.24) is 4.57 Å². The zero-order valence-electron chi connectivity index (χ0n) is 11.1. The lowest BCUT2D eigenvalue weighted by atomic mass is 10.0. The molecule has 3 heteroatoms. The summed E-state index contributed by atoms with van der Waals surface area (Å²) < 4.78 is 1.52. The summed E-state index contributed by atoms with van der Waals surface area (Å²) in [6, 6.07) is 12.9. The Morgan fingerprint density at radius 1 is 1.16 bits per heavy atom. The molecule has 1 aromatic heterocycles. The Balaban J connectivity index is 2.09. The van der Waals surface area contributed by atoms with Gasteiger partial charge in [0.1, 0.15) is 0 Å². The van der Waals surface area contributed by atoms with Crippen molar-refractivity contribution in [1.29, 1.82) is 0 Å². The number of aryl methyl sites for hydroxylation is 1. The first-order valence-electron chi connectivity index (χ1n) is 6.63. The SMILES string of the molecule is CCCc1ccc(C(O)Cn2ccccc2=O)cc1. The molecule has 0 saturated carbocycles. The molecule has 0 aliphatic rings. The van der Waals surface area contributed by atoms with Gasteiger partial charge >= 0.3 is 0 Å². The minimum atomic E-state index is -0.657. The molecule has 100 valence electrons. The number of rotatable bonds is 5. The van der Waals surface area contributed by atoms with Crippen LogP contribution in [0, 0.1) is 0 Å². The highest BCUT2D eigenvalue weighted by Crippen LogP contribution is 2.16. The molecule has 2 aromatic rings. The van der Waals surface area contributed by atoms with Gasteiger partial charge in [0.15, 0.2) is 0 Å². The van der Waals surface area contributed by atoms with E-state index in [1.807, 2.05) is 24.3 Å². The lowest BCUT2D eigenvalue weighted by Gasteiger charge is -2.13. The molecule has 1 atom stereocenters. The molecule has 0 spiro atoms. The van der Waals surface area contributed by atoms with E-state index in [0.717, 1.165) is 18.4 Å². The summed E-state index contributed by atoms with van der Waals surface area (Å²) in [4.78, 5) is 11.6. The maximum atomic E-state index is 11.6. The lowest BCUT2D eigenvalue weighted by molar-refractivity contribution is 0.155. The Labute approximate surface area is 113 Å². The quantitative estimate of drug-likeness (QED) is 0.894. The summed E-state index contributed by atoms with van der Waals surface area (Å²) in [5.74, 6) is 0.